The quantitative estimate of drug-likeness (QED) is 0.759. The van der Waals surface area contributed by atoms with Crippen LogP contribution in [0.2, 0.25) is 0 Å². The van der Waals surface area contributed by atoms with E-state index >= 15 is 0 Å². The van der Waals surface area contributed by atoms with Crippen LogP contribution in [0.1, 0.15) is 0 Å². The molecule has 6 heteroatoms. The number of urea groups is 1. The van der Waals surface area contributed by atoms with Gasteiger partial charge in [-0.1, -0.05) is 18.2 Å². The Morgan fingerprint density at radius 3 is 2.52 bits per heavy atom. The van der Waals surface area contributed by atoms with Gasteiger partial charge < -0.3 is 15.1 Å². The largest absolute Gasteiger partial charge is 0.419 e. The fourth-order valence-electron chi connectivity index (χ4n) is 2.02. The summed E-state index contributed by atoms with van der Waals surface area (Å²) in [6.07, 6.45) is 0. The standard InChI is InChI=1S/C15H13N3O3/c1-18-12-9-11(7-8-13(12)21-15(18)20)17-14(19)16-10-5-3-2-4-6-10/h2-9H,1H3,(H2,16,17,19). The van der Waals surface area contributed by atoms with Gasteiger partial charge in [-0.3, -0.25) is 4.57 Å². The lowest BCUT2D eigenvalue weighted by Crippen LogP contribution is -2.19. The summed E-state index contributed by atoms with van der Waals surface area (Å²) in [4.78, 5) is 23.3. The molecule has 0 aliphatic rings. The molecule has 0 spiro atoms. The number of para-hydroxylation sites is 1. The topological polar surface area (TPSA) is 76.3 Å². The molecule has 0 radical (unpaired) electrons. The number of aromatic nitrogens is 1. The number of nitrogens with one attached hydrogen (secondary N) is 2. The third kappa shape index (κ3) is 2.64. The van der Waals surface area contributed by atoms with Gasteiger partial charge in [-0.2, -0.15) is 0 Å². The summed E-state index contributed by atoms with van der Waals surface area (Å²) in [5, 5.41) is 5.43. The van der Waals surface area contributed by atoms with Crippen molar-refractivity contribution in [3.8, 4) is 0 Å². The van der Waals surface area contributed by atoms with Gasteiger partial charge in [0.25, 0.3) is 0 Å². The summed E-state index contributed by atoms with van der Waals surface area (Å²) in [7, 11) is 1.61. The van der Waals surface area contributed by atoms with Crippen LogP contribution in [0.4, 0.5) is 16.2 Å². The highest BCUT2D eigenvalue weighted by molar-refractivity contribution is 6.00. The number of benzene rings is 2. The van der Waals surface area contributed by atoms with Crippen LogP contribution in [0.15, 0.2) is 57.7 Å². The van der Waals surface area contributed by atoms with Crippen LogP contribution >= 0.6 is 0 Å². The zero-order valence-corrected chi connectivity index (χ0v) is 11.3. The fourth-order valence-corrected chi connectivity index (χ4v) is 2.02. The second kappa shape index (κ2) is 5.16. The number of rotatable bonds is 2. The Labute approximate surface area is 120 Å². The van der Waals surface area contributed by atoms with Gasteiger partial charge in [0.15, 0.2) is 5.58 Å². The smallest absolute Gasteiger partial charge is 0.408 e. The summed E-state index contributed by atoms with van der Waals surface area (Å²) in [6, 6.07) is 13.8. The first-order valence-electron chi connectivity index (χ1n) is 6.36. The van der Waals surface area contributed by atoms with E-state index in [9.17, 15) is 9.59 Å². The van der Waals surface area contributed by atoms with Crippen LogP contribution in [0.25, 0.3) is 11.1 Å². The predicted octanol–water partition coefficient (Wildman–Crippen LogP) is 2.78. The third-order valence-corrected chi connectivity index (χ3v) is 3.08. The number of nitrogens with zero attached hydrogens (tertiary/aromatic N) is 1. The van der Waals surface area contributed by atoms with Crippen LogP contribution in [-0.2, 0) is 7.05 Å². The molecular weight excluding hydrogens is 270 g/mol. The molecule has 0 saturated carbocycles. The van der Waals surface area contributed by atoms with Gasteiger partial charge in [-0.25, -0.2) is 9.59 Å². The van der Waals surface area contributed by atoms with Crippen molar-refractivity contribution in [2.75, 3.05) is 10.6 Å². The molecule has 0 bridgehead atoms. The highest BCUT2D eigenvalue weighted by Crippen LogP contribution is 2.18. The van der Waals surface area contributed by atoms with Crippen molar-refractivity contribution in [2.24, 2.45) is 7.05 Å². The van der Waals surface area contributed by atoms with Crippen molar-refractivity contribution in [2.45, 2.75) is 0 Å². The highest BCUT2D eigenvalue weighted by Gasteiger charge is 2.08. The Morgan fingerprint density at radius 2 is 1.76 bits per heavy atom. The van der Waals surface area contributed by atoms with Gasteiger partial charge in [0, 0.05) is 18.4 Å². The van der Waals surface area contributed by atoms with E-state index in [1.54, 1.807) is 37.4 Å². The van der Waals surface area contributed by atoms with E-state index in [0.29, 0.717) is 22.5 Å². The Bertz CT molecular complexity index is 849. The van der Waals surface area contributed by atoms with Crippen molar-refractivity contribution in [1.82, 2.24) is 4.57 Å². The Kier molecular flexibility index (Phi) is 3.19. The lowest BCUT2D eigenvalue weighted by molar-refractivity contribution is 0.262. The number of carbonyl (C=O) groups is 1. The van der Waals surface area contributed by atoms with Crippen LogP contribution in [-0.4, -0.2) is 10.6 Å². The first-order valence-corrected chi connectivity index (χ1v) is 6.36. The maximum Gasteiger partial charge on any atom is 0.419 e. The molecule has 21 heavy (non-hydrogen) atoms. The van der Waals surface area contributed by atoms with Crippen molar-refractivity contribution < 1.29 is 9.21 Å². The minimum atomic E-state index is -0.434. The van der Waals surface area contributed by atoms with Crippen LogP contribution < -0.4 is 16.4 Å². The molecule has 1 aromatic heterocycles. The lowest BCUT2D eigenvalue weighted by Gasteiger charge is -2.07. The average molecular weight is 283 g/mol. The molecule has 0 fully saturated rings. The van der Waals surface area contributed by atoms with Crippen molar-refractivity contribution >= 4 is 28.5 Å². The normalized spacial score (nSPS) is 10.5. The zero-order valence-electron chi connectivity index (χ0n) is 11.3. The van der Waals surface area contributed by atoms with Crippen molar-refractivity contribution in [3.05, 3.63) is 59.1 Å². The van der Waals surface area contributed by atoms with Gasteiger partial charge in [-0.15, -0.1) is 0 Å². The van der Waals surface area contributed by atoms with Crippen LogP contribution in [0.3, 0.4) is 0 Å². The third-order valence-electron chi connectivity index (χ3n) is 3.08. The lowest BCUT2D eigenvalue weighted by atomic mass is 10.3. The van der Waals surface area contributed by atoms with E-state index in [4.69, 9.17) is 4.42 Å². The number of aryl methyl sites for hydroxylation is 1. The monoisotopic (exact) mass is 283 g/mol. The summed E-state index contributed by atoms with van der Waals surface area (Å²) in [5.74, 6) is -0.434. The van der Waals surface area contributed by atoms with E-state index in [1.165, 1.54) is 4.57 Å². The molecule has 0 aliphatic carbocycles. The van der Waals surface area contributed by atoms with Gasteiger partial charge in [0.05, 0.1) is 5.52 Å². The zero-order chi connectivity index (χ0) is 14.8. The molecule has 1 heterocycles. The molecule has 2 aromatic carbocycles. The minimum absolute atomic E-state index is 0.353. The van der Waals surface area contributed by atoms with Crippen molar-refractivity contribution in [1.29, 1.82) is 0 Å². The summed E-state index contributed by atoms with van der Waals surface area (Å²) < 4.78 is 6.42. The Morgan fingerprint density at radius 1 is 1.05 bits per heavy atom. The second-order valence-corrected chi connectivity index (χ2v) is 4.55. The number of hydrogen-bond acceptors (Lipinski definition) is 3. The number of amides is 2. The molecule has 0 saturated heterocycles. The molecule has 0 atom stereocenters. The number of hydrogen-bond donors (Lipinski definition) is 2. The van der Waals surface area contributed by atoms with E-state index in [0.717, 1.165) is 0 Å². The first-order chi connectivity index (χ1) is 10.1. The molecule has 0 unspecified atom stereocenters. The average Bonchev–Trinajstić information content (AvgIpc) is 2.75. The van der Waals surface area contributed by atoms with Gasteiger partial charge in [-0.05, 0) is 30.3 Å². The molecule has 106 valence electrons. The van der Waals surface area contributed by atoms with E-state index in [2.05, 4.69) is 10.6 Å². The summed E-state index contributed by atoms with van der Waals surface area (Å²) in [6.45, 7) is 0. The molecular formula is C15H13N3O3. The molecule has 3 aromatic rings. The van der Waals surface area contributed by atoms with Gasteiger partial charge in [0.1, 0.15) is 0 Å². The van der Waals surface area contributed by atoms with Crippen molar-refractivity contribution in [3.63, 3.8) is 0 Å². The second-order valence-electron chi connectivity index (χ2n) is 4.55. The highest BCUT2D eigenvalue weighted by atomic mass is 16.4. The maximum absolute atomic E-state index is 11.9. The van der Waals surface area contributed by atoms with Gasteiger partial charge in [0.2, 0.25) is 0 Å². The van der Waals surface area contributed by atoms with E-state index < -0.39 is 5.76 Å². The summed E-state index contributed by atoms with van der Waals surface area (Å²) in [5.41, 5.74) is 2.38. The Balaban J connectivity index is 1.80. The molecule has 6 nitrogen and oxygen atoms in total. The van der Waals surface area contributed by atoms with E-state index in [-0.39, 0.29) is 6.03 Å². The number of fused-ring (bicyclic) bond motifs is 1. The molecule has 3 rings (SSSR count). The van der Waals surface area contributed by atoms with Crippen LogP contribution in [0, 0.1) is 0 Å². The summed E-state index contributed by atoms with van der Waals surface area (Å²) >= 11 is 0. The predicted molar refractivity (Wildman–Crippen MR) is 80.5 cm³/mol. The first kappa shape index (κ1) is 13.0. The number of anilines is 2. The van der Waals surface area contributed by atoms with E-state index in [1.807, 2.05) is 18.2 Å². The fraction of sp³-hybridized carbons (Fsp3) is 0.0667. The molecule has 2 N–H and O–H groups in total. The minimum Gasteiger partial charge on any atom is -0.408 e. The number of oxazole rings is 1. The van der Waals surface area contributed by atoms with Crippen LogP contribution in [0.5, 0.6) is 0 Å². The molecule has 2 amide bonds. The molecule has 0 aliphatic heterocycles. The Hall–Kier alpha value is -3.02. The number of carbonyl (C=O) groups excluding carboxylic acids is 1. The maximum atomic E-state index is 11.9. The SMILES string of the molecule is Cn1c(=O)oc2ccc(NC(=O)Nc3ccccc3)cc21. The van der Waals surface area contributed by atoms with Gasteiger partial charge >= 0.3 is 11.8 Å².